The number of carbonyl (C=O) groups is 1. The Morgan fingerprint density at radius 1 is 1.13 bits per heavy atom. The van der Waals surface area contributed by atoms with Gasteiger partial charge in [0.15, 0.2) is 0 Å². The molecule has 0 spiro atoms. The third-order valence-electron chi connectivity index (χ3n) is 5.76. The standard InChI is InChI=1S/C27H34NO2P/c1-19-9-8-10-23(27(6,7)16-15-26(3,4)5)18-31-25(19)20(2)22-13-11-21(12-14-22)17-24(29)28-30/h8,11-14,18H,2,10,15-17H2,1,3-7H3/b23-18+. The van der Waals surface area contributed by atoms with E-state index in [0.717, 1.165) is 48.6 Å². The van der Waals surface area contributed by atoms with E-state index >= 15 is 0 Å². The predicted molar refractivity (Wildman–Crippen MR) is 134 cm³/mol. The Labute approximate surface area is 188 Å². The summed E-state index contributed by atoms with van der Waals surface area (Å²) in [5.74, 6) is 1.70. The first-order valence-electron chi connectivity index (χ1n) is 10.8. The van der Waals surface area contributed by atoms with E-state index in [9.17, 15) is 9.70 Å². The second-order valence-electron chi connectivity index (χ2n) is 10.1. The molecule has 0 saturated carbocycles. The Balaban J connectivity index is 2.29. The summed E-state index contributed by atoms with van der Waals surface area (Å²) in [6.07, 6.45) is 5.44. The molecular formula is C27H34NO2P. The molecule has 31 heavy (non-hydrogen) atoms. The molecule has 0 fully saturated rings. The zero-order valence-electron chi connectivity index (χ0n) is 19.7. The van der Waals surface area contributed by atoms with E-state index in [1.165, 1.54) is 12.0 Å². The molecule has 3 nitrogen and oxygen atoms in total. The average molecular weight is 436 g/mol. The normalized spacial score (nSPS) is 18.1. The van der Waals surface area contributed by atoms with E-state index in [2.05, 4.69) is 70.9 Å². The SMILES string of the molecule is C=C(/C1=P/C=C(/C(C)(C)CCC(C)(C)C)CC=C=C1C)c1ccc(CC(=O)N=O)cc1. The lowest BCUT2D eigenvalue weighted by Crippen LogP contribution is -2.18. The molecule has 1 aliphatic rings. The van der Waals surface area contributed by atoms with Crippen LogP contribution < -0.4 is 0 Å². The van der Waals surface area contributed by atoms with Crippen LogP contribution in [0.2, 0.25) is 0 Å². The largest absolute Gasteiger partial charge is 0.290 e. The van der Waals surface area contributed by atoms with Gasteiger partial charge in [-0.05, 0) is 65.6 Å². The fourth-order valence-electron chi connectivity index (χ4n) is 3.45. The van der Waals surface area contributed by atoms with Crippen LogP contribution in [0.15, 0.2) is 64.8 Å². The van der Waals surface area contributed by atoms with Crippen LogP contribution in [0.4, 0.5) is 0 Å². The van der Waals surface area contributed by atoms with E-state index < -0.39 is 5.91 Å². The Morgan fingerprint density at radius 2 is 1.77 bits per heavy atom. The Morgan fingerprint density at radius 3 is 2.35 bits per heavy atom. The molecule has 0 aromatic heterocycles. The lowest BCUT2D eigenvalue weighted by atomic mass is 9.75. The number of nitroso groups, excluding NO2 is 1. The molecule has 164 valence electrons. The van der Waals surface area contributed by atoms with Crippen LogP contribution >= 0.6 is 8.20 Å². The number of rotatable bonds is 7. The maximum Gasteiger partial charge on any atom is 0.290 e. The van der Waals surface area contributed by atoms with Gasteiger partial charge >= 0.3 is 0 Å². The van der Waals surface area contributed by atoms with Crippen molar-refractivity contribution in [2.45, 2.75) is 67.2 Å². The van der Waals surface area contributed by atoms with Crippen LogP contribution in [-0.4, -0.2) is 11.2 Å². The van der Waals surface area contributed by atoms with Crippen LogP contribution in [0.5, 0.6) is 0 Å². The molecule has 0 N–H and O–H groups in total. The van der Waals surface area contributed by atoms with Gasteiger partial charge in [0.25, 0.3) is 5.91 Å². The molecule has 1 aliphatic heterocycles. The van der Waals surface area contributed by atoms with Gasteiger partial charge in [0.2, 0.25) is 0 Å². The summed E-state index contributed by atoms with van der Waals surface area (Å²) >= 11 is 0. The third kappa shape index (κ3) is 7.39. The molecule has 1 amide bonds. The minimum absolute atomic E-state index is 0.0303. The van der Waals surface area contributed by atoms with E-state index in [-0.39, 0.29) is 11.8 Å². The molecule has 0 aliphatic carbocycles. The zero-order chi connectivity index (χ0) is 23.2. The van der Waals surface area contributed by atoms with Crippen molar-refractivity contribution in [3.8, 4) is 0 Å². The van der Waals surface area contributed by atoms with Crippen molar-refractivity contribution in [3.05, 3.63) is 75.6 Å². The number of amides is 1. The quantitative estimate of drug-likeness (QED) is 0.248. The van der Waals surface area contributed by atoms with Crippen molar-refractivity contribution in [1.82, 2.24) is 0 Å². The molecule has 1 aromatic carbocycles. The van der Waals surface area contributed by atoms with Gasteiger partial charge in [0, 0.05) is 16.0 Å². The van der Waals surface area contributed by atoms with Crippen molar-refractivity contribution in [2.75, 3.05) is 0 Å². The number of benzene rings is 1. The summed E-state index contributed by atoms with van der Waals surface area (Å²) in [6, 6.07) is 7.61. The molecule has 0 unspecified atom stereocenters. The van der Waals surface area contributed by atoms with E-state index in [0.29, 0.717) is 5.41 Å². The molecule has 4 heteroatoms. The predicted octanol–water partition coefficient (Wildman–Crippen LogP) is 7.90. The van der Waals surface area contributed by atoms with Crippen LogP contribution in [0, 0.1) is 15.7 Å². The lowest BCUT2D eigenvalue weighted by Gasteiger charge is -2.31. The fourth-order valence-corrected chi connectivity index (χ4v) is 4.73. The first-order chi connectivity index (χ1) is 14.4. The minimum atomic E-state index is -0.657. The minimum Gasteiger partial charge on any atom is -0.269 e. The van der Waals surface area contributed by atoms with Gasteiger partial charge in [0.05, 0.1) is 6.42 Å². The van der Waals surface area contributed by atoms with Gasteiger partial charge in [0.1, 0.15) is 0 Å². The van der Waals surface area contributed by atoms with Gasteiger partial charge < -0.3 is 0 Å². The van der Waals surface area contributed by atoms with Gasteiger partial charge in [-0.15, -0.1) is 10.6 Å². The molecule has 1 aromatic rings. The monoisotopic (exact) mass is 435 g/mol. The highest BCUT2D eigenvalue weighted by Crippen LogP contribution is 2.40. The molecular weight excluding hydrogens is 401 g/mol. The number of carbonyl (C=O) groups excluding carboxylic acids is 1. The van der Waals surface area contributed by atoms with Crippen molar-refractivity contribution in [3.63, 3.8) is 0 Å². The topological polar surface area (TPSA) is 46.5 Å². The lowest BCUT2D eigenvalue weighted by molar-refractivity contribution is -0.117. The summed E-state index contributed by atoms with van der Waals surface area (Å²) in [5.41, 5.74) is 9.19. The third-order valence-corrected chi connectivity index (χ3v) is 7.06. The average Bonchev–Trinajstić information content (AvgIpc) is 2.69. The first-order valence-corrected chi connectivity index (χ1v) is 11.7. The van der Waals surface area contributed by atoms with Gasteiger partial charge in [-0.25, -0.2) is 0 Å². The summed E-state index contributed by atoms with van der Waals surface area (Å²) in [6.45, 7) is 18.0. The van der Waals surface area contributed by atoms with Gasteiger partial charge in [-0.2, -0.15) is 0 Å². The van der Waals surface area contributed by atoms with Crippen molar-refractivity contribution < 1.29 is 4.79 Å². The maximum atomic E-state index is 11.3. The summed E-state index contributed by atoms with van der Waals surface area (Å²) in [4.78, 5) is 21.6. The Hall–Kier alpha value is -2.34. The zero-order valence-corrected chi connectivity index (χ0v) is 20.6. The molecule has 2 rings (SSSR count). The highest BCUT2D eigenvalue weighted by atomic mass is 31.1. The smallest absolute Gasteiger partial charge is 0.269 e. The summed E-state index contributed by atoms with van der Waals surface area (Å²) in [7, 11) is 1.13. The van der Waals surface area contributed by atoms with Crippen LogP contribution in [-0.2, 0) is 11.2 Å². The highest BCUT2D eigenvalue weighted by molar-refractivity contribution is 7.46. The van der Waals surface area contributed by atoms with Crippen molar-refractivity contribution >= 4 is 25.0 Å². The van der Waals surface area contributed by atoms with Crippen LogP contribution in [0.25, 0.3) is 5.57 Å². The number of hydrogen-bond donors (Lipinski definition) is 0. The maximum absolute atomic E-state index is 11.3. The van der Waals surface area contributed by atoms with Crippen molar-refractivity contribution in [1.29, 1.82) is 0 Å². The molecule has 1 heterocycles. The fraction of sp³-hybridized carbons (Fsp3) is 0.444. The van der Waals surface area contributed by atoms with Crippen LogP contribution in [0.3, 0.4) is 0 Å². The second kappa shape index (κ2) is 10.3. The van der Waals surface area contributed by atoms with Crippen LogP contribution in [0.1, 0.15) is 71.9 Å². The molecule has 0 radical (unpaired) electrons. The van der Waals surface area contributed by atoms with Gasteiger partial charge in [-0.1, -0.05) is 79.2 Å². The Bertz CT molecular complexity index is 979. The number of hydrogen-bond acceptors (Lipinski definition) is 2. The summed E-state index contributed by atoms with van der Waals surface area (Å²) in [5, 5.41) is 3.62. The van der Waals surface area contributed by atoms with Gasteiger partial charge in [-0.3, -0.25) is 4.79 Å². The van der Waals surface area contributed by atoms with Crippen molar-refractivity contribution in [2.24, 2.45) is 16.0 Å². The van der Waals surface area contributed by atoms with E-state index in [1.807, 2.05) is 24.3 Å². The summed E-state index contributed by atoms with van der Waals surface area (Å²) < 4.78 is 0. The first kappa shape index (κ1) is 24.9. The molecule has 0 bridgehead atoms. The molecule has 0 saturated heterocycles. The number of nitrogens with zero attached hydrogens (tertiary/aromatic N) is 1. The highest BCUT2D eigenvalue weighted by Gasteiger charge is 2.25. The molecule has 0 atom stereocenters. The van der Waals surface area contributed by atoms with E-state index in [1.54, 1.807) is 0 Å². The second-order valence-corrected chi connectivity index (χ2v) is 11.1. The number of allylic oxidation sites excluding steroid dienone is 3. The Kier molecular flexibility index (Phi) is 8.29. The van der Waals surface area contributed by atoms with E-state index in [4.69, 9.17) is 0 Å².